The summed E-state index contributed by atoms with van der Waals surface area (Å²) in [5.74, 6) is 6.22. The lowest BCUT2D eigenvalue weighted by Gasteiger charge is -2.06. The lowest BCUT2D eigenvalue weighted by Crippen LogP contribution is -1.88. The minimum absolute atomic E-state index is 0. The monoisotopic (exact) mass is 782 g/mol. The highest BCUT2D eigenvalue weighted by atomic mass is 127. The molecular formula is C49H39IN2. The first-order chi connectivity index (χ1) is 25.1. The van der Waals surface area contributed by atoms with Crippen LogP contribution in [-0.4, -0.2) is 4.98 Å². The van der Waals surface area contributed by atoms with E-state index in [9.17, 15) is 0 Å². The molecule has 252 valence electrons. The molecule has 9 aromatic rings. The van der Waals surface area contributed by atoms with Crippen LogP contribution in [-0.2, 0) is 0 Å². The first-order valence-electron chi connectivity index (χ1n) is 16.8. The Bertz CT molecular complexity index is 2500. The molecule has 0 fully saturated rings. The lowest BCUT2D eigenvalue weighted by molar-refractivity contribution is 1.45. The summed E-state index contributed by atoms with van der Waals surface area (Å²) in [7, 11) is 0. The maximum atomic E-state index is 5.78. The van der Waals surface area contributed by atoms with Crippen LogP contribution in [0.2, 0.25) is 0 Å². The summed E-state index contributed by atoms with van der Waals surface area (Å²) in [4.78, 5) is 3.67. The number of benzene rings is 8. The van der Waals surface area contributed by atoms with E-state index in [4.69, 9.17) is 5.73 Å². The molecule has 0 saturated carbocycles. The maximum absolute atomic E-state index is 5.78. The van der Waals surface area contributed by atoms with Crippen LogP contribution >= 0.6 is 22.6 Å². The second-order valence-corrected chi connectivity index (χ2v) is 13.2. The molecule has 0 spiro atoms. The smallest absolute Gasteiger partial charge is 0.0544 e. The molecule has 0 atom stereocenters. The zero-order valence-corrected chi connectivity index (χ0v) is 30.1. The number of hydrogen-bond acceptors (Lipinski definition) is 1. The number of aromatic amines is 1. The van der Waals surface area contributed by atoms with E-state index < -0.39 is 0 Å². The van der Waals surface area contributed by atoms with Gasteiger partial charge in [0.2, 0.25) is 0 Å². The number of nitrogens with two attached hydrogens (primary N) is 1. The number of H-pyrrole nitrogens is 1. The Labute approximate surface area is 320 Å². The molecule has 8 aromatic carbocycles. The van der Waals surface area contributed by atoms with Crippen LogP contribution in [0.3, 0.4) is 0 Å². The maximum Gasteiger partial charge on any atom is 0.0544 e. The molecule has 9 rings (SSSR count). The molecule has 1 heterocycles. The van der Waals surface area contributed by atoms with E-state index in [1.54, 1.807) is 0 Å². The van der Waals surface area contributed by atoms with Crippen molar-refractivity contribution in [3.8, 4) is 34.2 Å². The number of anilines is 1. The number of aromatic nitrogens is 1. The van der Waals surface area contributed by atoms with Gasteiger partial charge in [-0.25, -0.2) is 0 Å². The summed E-state index contributed by atoms with van der Waals surface area (Å²) in [6.45, 7) is 0. The van der Waals surface area contributed by atoms with Crippen LogP contribution in [0.25, 0.3) is 54.8 Å². The van der Waals surface area contributed by atoms with Crippen LogP contribution in [0.5, 0.6) is 0 Å². The van der Waals surface area contributed by atoms with Gasteiger partial charge in [-0.15, -0.1) is 0 Å². The number of nitrogens with one attached hydrogen (secondary N) is 1. The molecule has 2 nitrogen and oxygen atoms in total. The van der Waals surface area contributed by atoms with Crippen molar-refractivity contribution in [2.75, 3.05) is 5.73 Å². The first kappa shape index (κ1) is 35.7. The molecule has 0 saturated heterocycles. The number of nitrogen functional groups attached to an aromatic ring is 1. The Morgan fingerprint density at radius 1 is 0.442 bits per heavy atom. The summed E-state index contributed by atoms with van der Waals surface area (Å²) in [6, 6.07) is 66.6. The highest BCUT2D eigenvalue weighted by Gasteiger charge is 2.15. The van der Waals surface area contributed by atoms with E-state index in [0.29, 0.717) is 0 Å². The zero-order valence-electron chi connectivity index (χ0n) is 27.9. The van der Waals surface area contributed by atoms with Gasteiger partial charge in [0.15, 0.2) is 0 Å². The summed E-state index contributed by atoms with van der Waals surface area (Å²) in [5.41, 5.74) is 14.8. The molecule has 0 unspecified atom stereocenters. The molecule has 1 aromatic heterocycles. The van der Waals surface area contributed by atoms with Gasteiger partial charge in [-0.2, -0.15) is 0 Å². The van der Waals surface area contributed by atoms with Gasteiger partial charge in [0, 0.05) is 36.9 Å². The van der Waals surface area contributed by atoms with Crippen molar-refractivity contribution in [2.45, 2.75) is 7.43 Å². The van der Waals surface area contributed by atoms with E-state index in [0.717, 1.165) is 20.4 Å². The van der Waals surface area contributed by atoms with Gasteiger partial charge in [-0.3, -0.25) is 0 Å². The lowest BCUT2D eigenvalue weighted by atomic mass is 9.97. The third-order valence-corrected chi connectivity index (χ3v) is 9.49. The molecular weight excluding hydrogens is 743 g/mol. The number of fused-ring (bicyclic) bond motifs is 3. The molecule has 3 heteroatoms. The van der Waals surface area contributed by atoms with Crippen molar-refractivity contribution in [3.63, 3.8) is 0 Å². The first-order valence-corrected chi connectivity index (χ1v) is 17.9. The van der Waals surface area contributed by atoms with E-state index in [2.05, 4.69) is 155 Å². The normalized spacial score (nSPS) is 10.2. The predicted octanol–water partition coefficient (Wildman–Crippen LogP) is 13.4. The Kier molecular flexibility index (Phi) is 11.8. The highest BCUT2D eigenvalue weighted by molar-refractivity contribution is 14.1. The fourth-order valence-electron chi connectivity index (χ4n) is 6.03. The zero-order chi connectivity index (χ0) is 34.8. The predicted molar refractivity (Wildman–Crippen MR) is 233 cm³/mol. The number of hydrogen-bond donors (Lipinski definition) is 2. The molecule has 0 bridgehead atoms. The Hall–Kier alpha value is -6.09. The average Bonchev–Trinajstić information content (AvgIpc) is 3.57. The third-order valence-electron chi connectivity index (χ3n) is 8.55. The SMILES string of the molecule is C.C(#Cc1ccccc1)c1ccccc1.Nc1cc2ccccc2cc1I.c1ccc(-c2[nH]c3cc4ccccc4cc3c2-c2ccccc2)cc1. The van der Waals surface area contributed by atoms with E-state index in [1.807, 2.05) is 78.9 Å². The molecule has 52 heavy (non-hydrogen) atoms. The van der Waals surface area contributed by atoms with Gasteiger partial charge in [0.1, 0.15) is 0 Å². The molecule has 3 N–H and O–H groups in total. The van der Waals surface area contributed by atoms with Crippen molar-refractivity contribution in [1.82, 2.24) is 4.98 Å². The Morgan fingerprint density at radius 3 is 1.37 bits per heavy atom. The third kappa shape index (κ3) is 8.61. The quantitative estimate of drug-likeness (QED) is 0.102. The summed E-state index contributed by atoms with van der Waals surface area (Å²) >= 11 is 2.25. The van der Waals surface area contributed by atoms with Gasteiger partial charge in [-0.1, -0.05) is 165 Å². The van der Waals surface area contributed by atoms with Crippen molar-refractivity contribution < 1.29 is 0 Å². The van der Waals surface area contributed by atoms with Gasteiger partial charge in [-0.05, 0) is 104 Å². The van der Waals surface area contributed by atoms with E-state index in [-0.39, 0.29) is 7.43 Å². The van der Waals surface area contributed by atoms with Gasteiger partial charge in [0.25, 0.3) is 0 Å². The second-order valence-electron chi connectivity index (χ2n) is 12.1. The average molecular weight is 783 g/mol. The van der Waals surface area contributed by atoms with Crippen LogP contribution in [0.15, 0.2) is 194 Å². The van der Waals surface area contributed by atoms with Crippen molar-refractivity contribution in [1.29, 1.82) is 0 Å². The van der Waals surface area contributed by atoms with Gasteiger partial charge < -0.3 is 10.7 Å². The number of rotatable bonds is 2. The van der Waals surface area contributed by atoms with Crippen LogP contribution in [0, 0.1) is 15.4 Å². The fraction of sp³-hybridized carbons (Fsp3) is 0.0204. The summed E-state index contributed by atoms with van der Waals surface area (Å²) in [6.07, 6.45) is 0. The van der Waals surface area contributed by atoms with Crippen LogP contribution in [0.4, 0.5) is 5.69 Å². The second kappa shape index (κ2) is 17.2. The summed E-state index contributed by atoms with van der Waals surface area (Å²) < 4.78 is 1.12. The van der Waals surface area contributed by atoms with Gasteiger partial charge >= 0.3 is 0 Å². The molecule has 0 amide bonds. The Balaban J connectivity index is 0.000000146. The summed E-state index contributed by atoms with van der Waals surface area (Å²) in [5, 5.41) is 6.25. The number of halogens is 1. The standard InChI is InChI=1S/C24H17N.C14H10.C10H8IN.CH4/c1-3-9-17(10-4-1)23-21-15-19-13-7-8-14-20(19)16-22(21)25-24(23)18-11-5-2-6-12-18;1-3-7-13(8-4-1)11-12-14-9-5-2-6-10-14;11-9-5-7-3-1-2-4-8(7)6-10(9)12;/h1-16,25H;1-10H;1-6H,12H2;1H4. The van der Waals surface area contributed by atoms with E-state index >= 15 is 0 Å². The molecule has 0 aliphatic rings. The Morgan fingerprint density at radius 2 is 0.846 bits per heavy atom. The topological polar surface area (TPSA) is 41.8 Å². The van der Waals surface area contributed by atoms with Crippen LogP contribution in [0.1, 0.15) is 18.6 Å². The van der Waals surface area contributed by atoms with Crippen molar-refractivity contribution >= 4 is 60.7 Å². The van der Waals surface area contributed by atoms with Crippen molar-refractivity contribution in [3.05, 3.63) is 209 Å². The van der Waals surface area contributed by atoms with Crippen molar-refractivity contribution in [2.24, 2.45) is 0 Å². The highest BCUT2D eigenvalue weighted by Crippen LogP contribution is 2.39. The minimum atomic E-state index is 0. The molecule has 0 aliphatic carbocycles. The van der Waals surface area contributed by atoms with E-state index in [1.165, 1.54) is 54.8 Å². The van der Waals surface area contributed by atoms with Gasteiger partial charge in [0.05, 0.1) is 5.69 Å². The van der Waals surface area contributed by atoms with Crippen LogP contribution < -0.4 is 5.73 Å². The molecule has 0 aliphatic heterocycles. The molecule has 0 radical (unpaired) electrons. The fourth-order valence-corrected chi connectivity index (χ4v) is 6.52. The largest absolute Gasteiger partial charge is 0.398 e. The minimum Gasteiger partial charge on any atom is -0.398 e.